The van der Waals surface area contributed by atoms with E-state index < -0.39 is 0 Å². The van der Waals surface area contributed by atoms with E-state index in [9.17, 15) is 4.79 Å². The summed E-state index contributed by atoms with van der Waals surface area (Å²) in [4.78, 5) is 14.2. The first-order valence-electron chi connectivity index (χ1n) is 8.98. The van der Waals surface area contributed by atoms with Crippen molar-refractivity contribution in [3.05, 3.63) is 17.7 Å². The number of amides is 1. The van der Waals surface area contributed by atoms with E-state index in [1.807, 2.05) is 17.0 Å². The Morgan fingerprint density at radius 2 is 1.72 bits per heavy atom. The maximum absolute atomic E-state index is 12.1. The van der Waals surface area contributed by atoms with E-state index in [2.05, 4.69) is 5.32 Å². The Morgan fingerprint density at radius 3 is 2.28 bits per heavy atom. The third kappa shape index (κ3) is 4.00. The highest BCUT2D eigenvalue weighted by Gasteiger charge is 2.34. The molecule has 1 heterocycles. The molecule has 6 heteroatoms. The topological polar surface area (TPSA) is 60.0 Å². The van der Waals surface area contributed by atoms with Crippen LogP contribution in [0, 0.1) is 5.92 Å². The Labute approximate surface area is 149 Å². The largest absolute Gasteiger partial charge is 0.493 e. The molecule has 138 valence electrons. The van der Waals surface area contributed by atoms with Crippen molar-refractivity contribution < 1.29 is 19.0 Å². The number of likely N-dealkylation sites (tertiary alicyclic amines) is 1. The molecule has 0 radical (unpaired) electrons. The smallest absolute Gasteiger partial charge is 0.225 e. The van der Waals surface area contributed by atoms with Gasteiger partial charge in [-0.15, -0.1) is 0 Å². The highest BCUT2D eigenvalue weighted by molar-refractivity contribution is 5.81. The first-order valence-corrected chi connectivity index (χ1v) is 8.98. The van der Waals surface area contributed by atoms with Crippen LogP contribution in [0.3, 0.4) is 0 Å². The van der Waals surface area contributed by atoms with Crippen molar-refractivity contribution in [1.82, 2.24) is 10.2 Å². The van der Waals surface area contributed by atoms with Crippen LogP contribution in [0.4, 0.5) is 0 Å². The molecule has 1 N–H and O–H groups in total. The zero-order valence-electron chi connectivity index (χ0n) is 15.3. The van der Waals surface area contributed by atoms with Crippen molar-refractivity contribution in [2.45, 2.75) is 38.3 Å². The van der Waals surface area contributed by atoms with E-state index in [4.69, 9.17) is 14.2 Å². The molecule has 0 aromatic heterocycles. The molecule has 1 saturated carbocycles. The molecule has 0 unspecified atom stereocenters. The van der Waals surface area contributed by atoms with Gasteiger partial charge in [-0.1, -0.05) is 6.07 Å². The van der Waals surface area contributed by atoms with Gasteiger partial charge in [-0.25, -0.2) is 0 Å². The van der Waals surface area contributed by atoms with Crippen molar-refractivity contribution in [2.75, 3.05) is 34.4 Å². The maximum Gasteiger partial charge on any atom is 0.225 e. The SMILES string of the molecule is COc1ccc(CNC2CCN(C(=O)C3CC3)CC2)c(OC)c1OC. The second kappa shape index (κ2) is 7.95. The van der Waals surface area contributed by atoms with Crippen LogP contribution in [0.5, 0.6) is 17.2 Å². The van der Waals surface area contributed by atoms with E-state index >= 15 is 0 Å². The first kappa shape index (κ1) is 17.9. The van der Waals surface area contributed by atoms with E-state index in [1.165, 1.54) is 0 Å². The fraction of sp³-hybridized carbons (Fsp3) is 0.632. The summed E-state index contributed by atoms with van der Waals surface area (Å²) in [6.07, 6.45) is 4.15. The summed E-state index contributed by atoms with van der Waals surface area (Å²) in [7, 11) is 4.87. The van der Waals surface area contributed by atoms with Crippen LogP contribution >= 0.6 is 0 Å². The lowest BCUT2D eigenvalue weighted by molar-refractivity contribution is -0.133. The summed E-state index contributed by atoms with van der Waals surface area (Å²) in [5.41, 5.74) is 1.04. The van der Waals surface area contributed by atoms with Gasteiger partial charge in [0.2, 0.25) is 11.7 Å². The average Bonchev–Trinajstić information content (AvgIpc) is 3.50. The number of hydrogen-bond donors (Lipinski definition) is 1. The standard InChI is InChI=1S/C19H28N2O4/c1-23-16-7-6-14(17(24-2)18(16)25-3)12-20-15-8-10-21(11-9-15)19(22)13-4-5-13/h6-7,13,15,20H,4-5,8-12H2,1-3H3. The molecule has 2 aliphatic rings. The zero-order chi connectivity index (χ0) is 17.8. The predicted molar refractivity (Wildman–Crippen MR) is 95.3 cm³/mol. The van der Waals surface area contributed by atoms with Crippen LogP contribution < -0.4 is 19.5 Å². The predicted octanol–water partition coefficient (Wildman–Crippen LogP) is 2.20. The van der Waals surface area contributed by atoms with E-state index in [1.54, 1.807) is 21.3 Å². The number of ether oxygens (including phenoxy) is 3. The molecular formula is C19H28N2O4. The van der Waals surface area contributed by atoms with E-state index in [0.29, 0.717) is 41.7 Å². The van der Waals surface area contributed by atoms with Gasteiger partial charge >= 0.3 is 0 Å². The van der Waals surface area contributed by atoms with Crippen molar-refractivity contribution in [3.63, 3.8) is 0 Å². The number of hydrogen-bond acceptors (Lipinski definition) is 5. The quantitative estimate of drug-likeness (QED) is 0.819. The van der Waals surface area contributed by atoms with Gasteiger partial charge in [0.1, 0.15) is 0 Å². The van der Waals surface area contributed by atoms with Crippen molar-refractivity contribution in [2.24, 2.45) is 5.92 Å². The van der Waals surface area contributed by atoms with Crippen LogP contribution in [0.15, 0.2) is 12.1 Å². The second-order valence-electron chi connectivity index (χ2n) is 6.75. The summed E-state index contributed by atoms with van der Waals surface area (Å²) >= 11 is 0. The lowest BCUT2D eigenvalue weighted by Crippen LogP contribution is -2.45. The minimum atomic E-state index is 0.320. The summed E-state index contributed by atoms with van der Waals surface area (Å²) in [6.45, 7) is 2.41. The molecular weight excluding hydrogens is 320 g/mol. The minimum Gasteiger partial charge on any atom is -0.493 e. The van der Waals surface area contributed by atoms with Gasteiger partial charge in [0.05, 0.1) is 21.3 Å². The molecule has 1 aromatic carbocycles. The Hall–Kier alpha value is -1.95. The summed E-state index contributed by atoms with van der Waals surface area (Å²) in [6, 6.07) is 4.31. The van der Waals surface area contributed by atoms with Gasteiger partial charge in [0.25, 0.3) is 0 Å². The van der Waals surface area contributed by atoms with Gasteiger partial charge < -0.3 is 24.4 Å². The van der Waals surface area contributed by atoms with Crippen LogP contribution in [-0.2, 0) is 11.3 Å². The number of methoxy groups -OCH3 is 3. The Kier molecular flexibility index (Phi) is 5.68. The van der Waals surface area contributed by atoms with E-state index in [0.717, 1.165) is 44.3 Å². The van der Waals surface area contributed by atoms with Crippen molar-refractivity contribution in [3.8, 4) is 17.2 Å². The third-order valence-electron chi connectivity index (χ3n) is 5.10. The highest BCUT2D eigenvalue weighted by Crippen LogP contribution is 2.39. The van der Waals surface area contributed by atoms with Crippen molar-refractivity contribution >= 4 is 5.91 Å². The second-order valence-corrected chi connectivity index (χ2v) is 6.75. The number of benzene rings is 1. The highest BCUT2D eigenvalue weighted by atomic mass is 16.5. The van der Waals surface area contributed by atoms with Crippen LogP contribution in [0.2, 0.25) is 0 Å². The monoisotopic (exact) mass is 348 g/mol. The molecule has 1 aliphatic carbocycles. The fourth-order valence-corrected chi connectivity index (χ4v) is 3.45. The van der Waals surface area contributed by atoms with Gasteiger partial charge in [-0.2, -0.15) is 0 Å². The van der Waals surface area contributed by atoms with Gasteiger partial charge in [0.15, 0.2) is 11.5 Å². The normalized spacial score (nSPS) is 18.1. The number of carbonyl (C=O) groups excluding carboxylic acids is 1. The molecule has 25 heavy (non-hydrogen) atoms. The first-order chi connectivity index (χ1) is 12.2. The molecule has 1 amide bonds. The lowest BCUT2D eigenvalue weighted by Gasteiger charge is -2.32. The molecule has 1 aromatic rings. The maximum atomic E-state index is 12.1. The minimum absolute atomic E-state index is 0.320. The Morgan fingerprint density at radius 1 is 1.04 bits per heavy atom. The van der Waals surface area contributed by atoms with Gasteiger partial charge in [0, 0.05) is 37.2 Å². The van der Waals surface area contributed by atoms with Crippen LogP contribution in [-0.4, -0.2) is 51.3 Å². The molecule has 6 nitrogen and oxygen atoms in total. The zero-order valence-corrected chi connectivity index (χ0v) is 15.3. The molecule has 3 rings (SSSR count). The molecule has 0 bridgehead atoms. The molecule has 0 atom stereocenters. The van der Waals surface area contributed by atoms with Crippen LogP contribution in [0.1, 0.15) is 31.2 Å². The molecule has 1 saturated heterocycles. The fourth-order valence-electron chi connectivity index (χ4n) is 3.45. The van der Waals surface area contributed by atoms with Gasteiger partial charge in [-0.3, -0.25) is 4.79 Å². The number of piperidine rings is 1. The number of rotatable bonds is 7. The Bertz CT molecular complexity index is 608. The lowest BCUT2D eigenvalue weighted by atomic mass is 10.0. The summed E-state index contributed by atoms with van der Waals surface area (Å²) < 4.78 is 16.3. The van der Waals surface area contributed by atoms with Crippen LogP contribution in [0.25, 0.3) is 0 Å². The summed E-state index contributed by atoms with van der Waals surface area (Å²) in [5, 5.41) is 3.59. The Balaban J connectivity index is 1.56. The van der Waals surface area contributed by atoms with Gasteiger partial charge in [-0.05, 0) is 31.7 Å². The molecule has 1 aliphatic heterocycles. The van der Waals surface area contributed by atoms with Crippen molar-refractivity contribution in [1.29, 1.82) is 0 Å². The third-order valence-corrected chi connectivity index (χ3v) is 5.10. The van der Waals surface area contributed by atoms with E-state index in [-0.39, 0.29) is 0 Å². The number of carbonyl (C=O) groups is 1. The summed E-state index contributed by atoms with van der Waals surface area (Å²) in [5.74, 6) is 2.67. The number of nitrogens with zero attached hydrogens (tertiary/aromatic N) is 1. The molecule has 0 spiro atoms. The molecule has 2 fully saturated rings. The average molecular weight is 348 g/mol. The number of nitrogens with one attached hydrogen (secondary N) is 1.